The van der Waals surface area contributed by atoms with Crippen LogP contribution >= 0.6 is 0 Å². The van der Waals surface area contributed by atoms with Crippen LogP contribution in [0.1, 0.15) is 118 Å². The Morgan fingerprint density at radius 2 is 1.72 bits per heavy atom. The van der Waals surface area contributed by atoms with Crippen molar-refractivity contribution in [2.24, 2.45) is 5.92 Å². The third kappa shape index (κ3) is 12.7. The van der Waals surface area contributed by atoms with Crippen molar-refractivity contribution in [2.75, 3.05) is 6.54 Å². The summed E-state index contributed by atoms with van der Waals surface area (Å²) < 4.78 is 5.48. The zero-order valence-corrected chi connectivity index (χ0v) is 25.6. The Morgan fingerprint density at radius 1 is 1.03 bits per heavy atom. The summed E-state index contributed by atoms with van der Waals surface area (Å²) in [6.45, 7) is 19.9. The molecule has 7 heteroatoms. The molecule has 1 rings (SSSR count). The van der Waals surface area contributed by atoms with Gasteiger partial charge in [0.2, 0.25) is 11.8 Å². The SMILES string of the molecule is C=Cc1cccc(C(C(=O)NC(C)CCC)N(CCCCCC)C(=O)C(CC(C)C)NC(=O)OC(C)(C)C)c1. The van der Waals surface area contributed by atoms with Crippen molar-refractivity contribution >= 4 is 24.0 Å². The van der Waals surface area contributed by atoms with Gasteiger partial charge in [0.1, 0.15) is 17.7 Å². The smallest absolute Gasteiger partial charge is 0.408 e. The summed E-state index contributed by atoms with van der Waals surface area (Å²) >= 11 is 0. The summed E-state index contributed by atoms with van der Waals surface area (Å²) in [7, 11) is 0. The highest BCUT2D eigenvalue weighted by atomic mass is 16.6. The van der Waals surface area contributed by atoms with Crippen LogP contribution in [-0.2, 0) is 14.3 Å². The van der Waals surface area contributed by atoms with Gasteiger partial charge in [-0.15, -0.1) is 0 Å². The van der Waals surface area contributed by atoms with Crippen LogP contribution in [0.3, 0.4) is 0 Å². The maximum Gasteiger partial charge on any atom is 0.408 e. The lowest BCUT2D eigenvalue weighted by Gasteiger charge is -2.35. The second-order valence-electron chi connectivity index (χ2n) is 11.9. The molecule has 7 nitrogen and oxygen atoms in total. The van der Waals surface area contributed by atoms with Crippen molar-refractivity contribution in [1.29, 1.82) is 0 Å². The van der Waals surface area contributed by atoms with E-state index >= 15 is 0 Å². The van der Waals surface area contributed by atoms with E-state index in [1.165, 1.54) is 0 Å². The predicted molar refractivity (Wildman–Crippen MR) is 160 cm³/mol. The highest BCUT2D eigenvalue weighted by Crippen LogP contribution is 2.26. The quantitative estimate of drug-likeness (QED) is 0.219. The Kier molecular flexibility index (Phi) is 14.9. The number of nitrogens with one attached hydrogen (secondary N) is 2. The van der Waals surface area contributed by atoms with Crippen molar-refractivity contribution in [3.63, 3.8) is 0 Å². The van der Waals surface area contributed by atoms with Gasteiger partial charge in [0.25, 0.3) is 0 Å². The van der Waals surface area contributed by atoms with Crippen LogP contribution in [0.2, 0.25) is 0 Å². The maximum absolute atomic E-state index is 14.3. The molecular weight excluding hydrogens is 490 g/mol. The number of unbranched alkanes of at least 4 members (excludes halogenated alkanes) is 3. The van der Waals surface area contributed by atoms with Crippen LogP contribution in [-0.4, -0.2) is 47.0 Å². The van der Waals surface area contributed by atoms with E-state index < -0.39 is 23.8 Å². The van der Waals surface area contributed by atoms with E-state index in [0.717, 1.165) is 49.7 Å². The van der Waals surface area contributed by atoms with Crippen molar-refractivity contribution < 1.29 is 19.1 Å². The number of alkyl carbamates (subject to hydrolysis) is 1. The van der Waals surface area contributed by atoms with Crippen molar-refractivity contribution in [2.45, 2.75) is 124 Å². The number of carbonyl (C=O) groups excluding carboxylic acids is 3. The fourth-order valence-corrected chi connectivity index (χ4v) is 4.57. The Hall–Kier alpha value is -2.83. The van der Waals surface area contributed by atoms with E-state index in [1.807, 2.05) is 45.0 Å². The van der Waals surface area contributed by atoms with E-state index in [2.05, 4.69) is 31.1 Å². The zero-order chi connectivity index (χ0) is 29.6. The van der Waals surface area contributed by atoms with Crippen LogP contribution < -0.4 is 10.6 Å². The van der Waals surface area contributed by atoms with Crippen LogP contribution in [0.15, 0.2) is 30.8 Å². The first-order valence-corrected chi connectivity index (χ1v) is 14.7. The lowest BCUT2D eigenvalue weighted by atomic mass is 9.97. The van der Waals surface area contributed by atoms with Gasteiger partial charge < -0.3 is 20.3 Å². The summed E-state index contributed by atoms with van der Waals surface area (Å²) in [6, 6.07) is 5.90. The van der Waals surface area contributed by atoms with Gasteiger partial charge >= 0.3 is 6.09 Å². The van der Waals surface area contributed by atoms with Gasteiger partial charge in [0.05, 0.1) is 0 Å². The third-order valence-corrected chi connectivity index (χ3v) is 6.36. The van der Waals surface area contributed by atoms with Gasteiger partial charge in [0.15, 0.2) is 0 Å². The summed E-state index contributed by atoms with van der Waals surface area (Å²) in [5.41, 5.74) is 0.895. The van der Waals surface area contributed by atoms with Crippen molar-refractivity contribution in [1.82, 2.24) is 15.5 Å². The number of rotatable bonds is 16. The molecule has 0 aromatic heterocycles. The second-order valence-corrected chi connectivity index (χ2v) is 11.9. The molecule has 3 amide bonds. The van der Waals surface area contributed by atoms with Gasteiger partial charge in [-0.3, -0.25) is 9.59 Å². The number of benzene rings is 1. The van der Waals surface area contributed by atoms with E-state index in [9.17, 15) is 14.4 Å². The normalized spacial score (nSPS) is 13.8. The first-order chi connectivity index (χ1) is 18.3. The molecule has 0 spiro atoms. The standard InChI is InChI=1S/C32H53N3O4/c1-10-13-14-15-20-35(30(37)27(21-23(4)5)34-31(38)39-32(7,8)9)28(29(36)33-24(6)17-11-2)26-19-16-18-25(12-3)22-26/h12,16,18-19,22-24,27-28H,3,10-11,13-15,17,20-21H2,1-2,4-9H3,(H,33,36)(H,34,38). The second kappa shape index (κ2) is 17.0. The minimum Gasteiger partial charge on any atom is -0.444 e. The lowest BCUT2D eigenvalue weighted by Crippen LogP contribution is -2.54. The molecule has 0 aliphatic rings. The van der Waals surface area contributed by atoms with Gasteiger partial charge in [-0.1, -0.05) is 84.2 Å². The average Bonchev–Trinajstić information content (AvgIpc) is 2.83. The molecule has 0 saturated heterocycles. The zero-order valence-electron chi connectivity index (χ0n) is 25.6. The summed E-state index contributed by atoms with van der Waals surface area (Å²) in [4.78, 5) is 42.6. The number of ether oxygens (including phenoxy) is 1. The molecule has 0 aliphatic heterocycles. The molecule has 0 bridgehead atoms. The fourth-order valence-electron chi connectivity index (χ4n) is 4.57. The molecule has 39 heavy (non-hydrogen) atoms. The maximum atomic E-state index is 14.3. The largest absolute Gasteiger partial charge is 0.444 e. The minimum atomic E-state index is -0.839. The van der Waals surface area contributed by atoms with E-state index in [0.29, 0.717) is 13.0 Å². The predicted octanol–water partition coefficient (Wildman–Crippen LogP) is 7.02. The fraction of sp³-hybridized carbons (Fsp3) is 0.656. The Balaban J connectivity index is 3.55. The average molecular weight is 544 g/mol. The van der Waals surface area contributed by atoms with E-state index in [-0.39, 0.29) is 23.8 Å². The highest BCUT2D eigenvalue weighted by molar-refractivity contribution is 5.92. The molecule has 0 radical (unpaired) electrons. The number of hydrogen-bond acceptors (Lipinski definition) is 4. The molecule has 3 unspecified atom stereocenters. The van der Waals surface area contributed by atoms with Gasteiger partial charge in [-0.05, 0) is 70.1 Å². The molecule has 0 fully saturated rings. The van der Waals surface area contributed by atoms with E-state index in [4.69, 9.17) is 4.74 Å². The topological polar surface area (TPSA) is 87.7 Å². The molecule has 2 N–H and O–H groups in total. The minimum absolute atomic E-state index is 0.0315. The van der Waals surface area contributed by atoms with E-state index in [1.54, 1.807) is 31.7 Å². The van der Waals surface area contributed by atoms with Crippen LogP contribution in [0.4, 0.5) is 4.79 Å². The van der Waals surface area contributed by atoms with Crippen LogP contribution in [0.25, 0.3) is 6.08 Å². The Bertz CT molecular complexity index is 922. The van der Waals surface area contributed by atoms with Crippen molar-refractivity contribution in [3.8, 4) is 0 Å². The molecular formula is C32H53N3O4. The molecule has 1 aromatic carbocycles. The first kappa shape index (κ1) is 34.2. The van der Waals surface area contributed by atoms with Gasteiger partial charge in [-0.2, -0.15) is 0 Å². The highest BCUT2D eigenvalue weighted by Gasteiger charge is 2.36. The molecule has 220 valence electrons. The number of amides is 3. The van der Waals surface area contributed by atoms with Crippen molar-refractivity contribution in [3.05, 3.63) is 42.0 Å². The number of carbonyl (C=O) groups is 3. The summed E-state index contributed by atoms with van der Waals surface area (Å²) in [6.07, 6.45) is 7.11. The molecule has 0 saturated carbocycles. The molecule has 1 aromatic rings. The molecule has 3 atom stereocenters. The Labute approximate surface area is 237 Å². The number of hydrogen-bond donors (Lipinski definition) is 2. The monoisotopic (exact) mass is 543 g/mol. The Morgan fingerprint density at radius 3 is 2.28 bits per heavy atom. The van der Waals surface area contributed by atoms with Gasteiger partial charge in [-0.25, -0.2) is 4.79 Å². The lowest BCUT2D eigenvalue weighted by molar-refractivity contribution is -0.143. The first-order valence-electron chi connectivity index (χ1n) is 14.7. The van der Waals surface area contributed by atoms with Crippen LogP contribution in [0, 0.1) is 5.92 Å². The summed E-state index contributed by atoms with van der Waals surface area (Å²) in [5.74, 6) is -0.364. The third-order valence-electron chi connectivity index (χ3n) is 6.36. The molecule has 0 aliphatic carbocycles. The number of nitrogens with zero attached hydrogens (tertiary/aromatic N) is 1. The van der Waals surface area contributed by atoms with Gasteiger partial charge in [0, 0.05) is 12.6 Å². The summed E-state index contributed by atoms with van der Waals surface area (Å²) in [5, 5.41) is 5.95. The molecule has 0 heterocycles. The van der Waals surface area contributed by atoms with Crippen LogP contribution in [0.5, 0.6) is 0 Å².